The van der Waals surface area contributed by atoms with Crippen molar-refractivity contribution in [1.82, 2.24) is 9.59 Å². The van der Waals surface area contributed by atoms with E-state index in [9.17, 15) is 9.18 Å². The summed E-state index contributed by atoms with van der Waals surface area (Å²) in [5.41, 5.74) is 0.150. The summed E-state index contributed by atoms with van der Waals surface area (Å²) in [7, 11) is 0. The first kappa shape index (κ1) is 12.7. The minimum atomic E-state index is -1.27. The Bertz CT molecular complexity index is 590. The zero-order chi connectivity index (χ0) is 13.1. The molecular weight excluding hydrogens is 283 g/mol. The first-order valence-corrected chi connectivity index (χ1v) is 5.85. The van der Waals surface area contributed by atoms with Gasteiger partial charge in [0.2, 0.25) is 0 Å². The van der Waals surface area contributed by atoms with Crippen LogP contribution in [-0.4, -0.2) is 20.7 Å². The van der Waals surface area contributed by atoms with E-state index in [4.69, 9.17) is 21.4 Å². The van der Waals surface area contributed by atoms with Crippen LogP contribution in [0.25, 0.3) is 0 Å². The van der Waals surface area contributed by atoms with Crippen LogP contribution in [0.15, 0.2) is 18.2 Å². The van der Waals surface area contributed by atoms with Gasteiger partial charge >= 0.3 is 5.97 Å². The van der Waals surface area contributed by atoms with Crippen molar-refractivity contribution >= 4 is 29.1 Å². The second-order valence-corrected chi connectivity index (χ2v) is 4.58. The van der Waals surface area contributed by atoms with Gasteiger partial charge in [-0.2, -0.15) is 0 Å². The average Bonchev–Trinajstić information content (AvgIpc) is 2.73. The van der Waals surface area contributed by atoms with Crippen LogP contribution in [-0.2, 0) is 6.61 Å². The topological polar surface area (TPSA) is 72.3 Å². The molecule has 0 aliphatic heterocycles. The summed E-state index contributed by atoms with van der Waals surface area (Å²) >= 11 is 6.77. The van der Waals surface area contributed by atoms with Crippen LogP contribution in [0.4, 0.5) is 4.39 Å². The molecule has 1 N–H and O–H groups in total. The number of halogens is 2. The second-order valence-electron chi connectivity index (χ2n) is 3.23. The monoisotopic (exact) mass is 288 g/mol. The van der Waals surface area contributed by atoms with Crippen LogP contribution in [0, 0.1) is 5.82 Å². The van der Waals surface area contributed by atoms with Gasteiger partial charge in [0.1, 0.15) is 33.8 Å². The fourth-order valence-corrected chi connectivity index (χ4v) is 1.83. The maximum absolute atomic E-state index is 12.9. The van der Waals surface area contributed by atoms with Crippen molar-refractivity contribution in [3.63, 3.8) is 0 Å². The minimum Gasteiger partial charge on any atom is -0.486 e. The molecule has 1 aromatic heterocycles. The van der Waals surface area contributed by atoms with E-state index in [-0.39, 0.29) is 17.9 Å². The summed E-state index contributed by atoms with van der Waals surface area (Å²) in [4.78, 5) is 10.9. The zero-order valence-corrected chi connectivity index (χ0v) is 10.3. The van der Waals surface area contributed by atoms with Crippen LogP contribution in [0.1, 0.15) is 16.1 Å². The predicted octanol–water partition coefficient (Wildman–Crippen LogP) is 2.61. The molecular formula is C10H6ClFN2O3S. The van der Waals surface area contributed by atoms with E-state index in [2.05, 4.69) is 9.59 Å². The SMILES string of the molecule is O=C(O)c1cc(F)ccc1OCc1nnsc1Cl. The fourth-order valence-electron chi connectivity index (χ4n) is 1.22. The molecule has 2 aromatic rings. The number of rotatable bonds is 4. The largest absolute Gasteiger partial charge is 0.486 e. The number of nitrogens with zero attached hydrogens (tertiary/aromatic N) is 2. The van der Waals surface area contributed by atoms with E-state index < -0.39 is 11.8 Å². The third-order valence-electron chi connectivity index (χ3n) is 2.05. The summed E-state index contributed by atoms with van der Waals surface area (Å²) in [5, 5.41) is 12.6. The number of hydrogen-bond donors (Lipinski definition) is 1. The normalized spacial score (nSPS) is 10.3. The van der Waals surface area contributed by atoms with Crippen LogP contribution < -0.4 is 4.74 Å². The van der Waals surface area contributed by atoms with Crippen LogP contribution in [0.2, 0.25) is 4.34 Å². The highest BCUT2D eigenvalue weighted by molar-refractivity contribution is 7.10. The summed E-state index contributed by atoms with van der Waals surface area (Å²) in [6, 6.07) is 3.24. The summed E-state index contributed by atoms with van der Waals surface area (Å²) < 4.78 is 22.2. The summed E-state index contributed by atoms with van der Waals surface area (Å²) in [6.45, 7) is -0.0265. The Morgan fingerprint density at radius 2 is 2.33 bits per heavy atom. The molecule has 2 rings (SSSR count). The summed E-state index contributed by atoms with van der Waals surface area (Å²) in [6.07, 6.45) is 0. The van der Waals surface area contributed by atoms with Crippen molar-refractivity contribution in [3.05, 3.63) is 39.6 Å². The Morgan fingerprint density at radius 3 is 2.94 bits per heavy atom. The number of benzene rings is 1. The van der Waals surface area contributed by atoms with E-state index in [1.54, 1.807) is 0 Å². The molecule has 0 spiro atoms. The Hall–Kier alpha value is -1.73. The van der Waals surface area contributed by atoms with Crippen molar-refractivity contribution < 1.29 is 19.0 Å². The molecule has 1 aromatic carbocycles. The van der Waals surface area contributed by atoms with E-state index in [1.165, 1.54) is 6.07 Å². The fraction of sp³-hybridized carbons (Fsp3) is 0.100. The highest BCUT2D eigenvalue weighted by atomic mass is 35.5. The van der Waals surface area contributed by atoms with Crippen molar-refractivity contribution in [3.8, 4) is 5.75 Å². The molecule has 0 saturated carbocycles. The molecule has 0 unspecified atom stereocenters. The first-order chi connectivity index (χ1) is 8.58. The molecule has 0 aliphatic carbocycles. The molecule has 8 heteroatoms. The lowest BCUT2D eigenvalue weighted by atomic mass is 10.2. The molecule has 94 valence electrons. The average molecular weight is 289 g/mol. The Kier molecular flexibility index (Phi) is 3.73. The number of hydrogen-bond acceptors (Lipinski definition) is 5. The first-order valence-electron chi connectivity index (χ1n) is 4.70. The third-order valence-corrected chi connectivity index (χ3v) is 3.03. The highest BCUT2D eigenvalue weighted by Gasteiger charge is 2.14. The standard InChI is InChI=1S/C10H6ClFN2O3S/c11-9-7(13-14-18-9)4-17-8-2-1-5(12)3-6(8)10(15)16/h1-3H,4H2,(H,15,16). The van der Waals surface area contributed by atoms with Gasteiger partial charge in [0.05, 0.1) is 0 Å². The maximum atomic E-state index is 12.9. The molecule has 5 nitrogen and oxygen atoms in total. The van der Waals surface area contributed by atoms with Gasteiger partial charge in [-0.05, 0) is 18.2 Å². The molecule has 0 aliphatic rings. The lowest BCUT2D eigenvalue weighted by molar-refractivity contribution is 0.0691. The number of aromatic carboxylic acids is 1. The van der Waals surface area contributed by atoms with Gasteiger partial charge in [0, 0.05) is 11.5 Å². The van der Waals surface area contributed by atoms with E-state index >= 15 is 0 Å². The van der Waals surface area contributed by atoms with Gasteiger partial charge in [-0.15, -0.1) is 5.10 Å². The van der Waals surface area contributed by atoms with E-state index in [0.29, 0.717) is 10.0 Å². The molecule has 0 bridgehead atoms. The number of ether oxygens (including phenoxy) is 1. The highest BCUT2D eigenvalue weighted by Crippen LogP contribution is 2.23. The maximum Gasteiger partial charge on any atom is 0.339 e. The Balaban J connectivity index is 2.19. The van der Waals surface area contributed by atoms with Gasteiger partial charge in [0.15, 0.2) is 0 Å². The summed E-state index contributed by atoms with van der Waals surface area (Å²) in [5.74, 6) is -1.87. The van der Waals surface area contributed by atoms with Crippen molar-refractivity contribution in [2.24, 2.45) is 0 Å². The van der Waals surface area contributed by atoms with Crippen molar-refractivity contribution in [1.29, 1.82) is 0 Å². The van der Waals surface area contributed by atoms with Gasteiger partial charge < -0.3 is 9.84 Å². The van der Waals surface area contributed by atoms with Gasteiger partial charge in [0.25, 0.3) is 0 Å². The van der Waals surface area contributed by atoms with Crippen LogP contribution >= 0.6 is 23.1 Å². The molecule has 0 amide bonds. The number of carboxylic acids is 1. The zero-order valence-electron chi connectivity index (χ0n) is 8.76. The minimum absolute atomic E-state index is 0.0265. The Labute approximate surface area is 110 Å². The van der Waals surface area contributed by atoms with Crippen LogP contribution in [0.5, 0.6) is 5.75 Å². The predicted molar refractivity (Wildman–Crippen MR) is 62.6 cm³/mol. The molecule has 0 saturated heterocycles. The molecule has 0 fully saturated rings. The lowest BCUT2D eigenvalue weighted by Crippen LogP contribution is -2.04. The second kappa shape index (κ2) is 5.28. The molecule has 1 heterocycles. The van der Waals surface area contributed by atoms with Gasteiger partial charge in [-0.3, -0.25) is 0 Å². The Morgan fingerprint density at radius 1 is 1.56 bits per heavy atom. The van der Waals surface area contributed by atoms with Gasteiger partial charge in [-0.1, -0.05) is 16.1 Å². The molecule has 0 atom stereocenters. The van der Waals surface area contributed by atoms with E-state index in [0.717, 1.165) is 23.7 Å². The van der Waals surface area contributed by atoms with Crippen molar-refractivity contribution in [2.45, 2.75) is 6.61 Å². The molecule has 0 radical (unpaired) electrons. The quantitative estimate of drug-likeness (QED) is 0.936. The van der Waals surface area contributed by atoms with Crippen LogP contribution in [0.3, 0.4) is 0 Å². The van der Waals surface area contributed by atoms with Gasteiger partial charge in [-0.25, -0.2) is 9.18 Å². The lowest BCUT2D eigenvalue weighted by Gasteiger charge is -2.07. The van der Waals surface area contributed by atoms with E-state index in [1.807, 2.05) is 0 Å². The molecule has 18 heavy (non-hydrogen) atoms. The number of carbonyl (C=O) groups is 1. The number of carboxylic acid groups (broad SMARTS) is 1. The smallest absolute Gasteiger partial charge is 0.339 e. The van der Waals surface area contributed by atoms with Crippen molar-refractivity contribution in [2.75, 3.05) is 0 Å². The third kappa shape index (κ3) is 2.74. The number of aromatic nitrogens is 2.